The SMILES string of the molecule is Cc1cc(C)c(PC2CCCC2)c(C)c1. The Bertz CT molecular complexity index is 325. The highest BCUT2D eigenvalue weighted by atomic mass is 31.1. The molecule has 0 bridgehead atoms. The van der Waals surface area contributed by atoms with E-state index in [1.165, 1.54) is 42.4 Å². The Hall–Kier alpha value is -0.350. The van der Waals surface area contributed by atoms with Crippen molar-refractivity contribution in [1.82, 2.24) is 0 Å². The molecular formula is C14H21P. The number of hydrogen-bond acceptors (Lipinski definition) is 0. The molecular weight excluding hydrogens is 199 g/mol. The Kier molecular flexibility index (Phi) is 3.46. The Morgan fingerprint density at radius 3 is 2.07 bits per heavy atom. The molecule has 0 N–H and O–H groups in total. The zero-order chi connectivity index (χ0) is 10.8. The first-order chi connectivity index (χ1) is 7.16. The molecule has 0 heterocycles. The highest BCUT2D eigenvalue weighted by Gasteiger charge is 2.17. The summed E-state index contributed by atoms with van der Waals surface area (Å²) in [7, 11) is 1.05. The van der Waals surface area contributed by atoms with Crippen LogP contribution in [0.5, 0.6) is 0 Å². The van der Waals surface area contributed by atoms with E-state index in [1.54, 1.807) is 5.30 Å². The average Bonchev–Trinajstić information content (AvgIpc) is 2.63. The molecule has 0 amide bonds. The van der Waals surface area contributed by atoms with Crippen molar-refractivity contribution in [2.24, 2.45) is 0 Å². The zero-order valence-electron chi connectivity index (χ0n) is 10.1. The van der Waals surface area contributed by atoms with Gasteiger partial charge < -0.3 is 0 Å². The van der Waals surface area contributed by atoms with Gasteiger partial charge in [0, 0.05) is 0 Å². The molecule has 1 aliphatic carbocycles. The van der Waals surface area contributed by atoms with Crippen LogP contribution in [0.3, 0.4) is 0 Å². The Morgan fingerprint density at radius 1 is 1.00 bits per heavy atom. The van der Waals surface area contributed by atoms with Gasteiger partial charge in [0.15, 0.2) is 0 Å². The monoisotopic (exact) mass is 220 g/mol. The maximum absolute atomic E-state index is 2.34. The first-order valence-electron chi connectivity index (χ1n) is 6.01. The molecule has 1 aromatic rings. The summed E-state index contributed by atoms with van der Waals surface area (Å²) >= 11 is 0. The average molecular weight is 220 g/mol. The maximum atomic E-state index is 2.34. The summed E-state index contributed by atoms with van der Waals surface area (Å²) in [5.74, 6) is 0. The van der Waals surface area contributed by atoms with Crippen molar-refractivity contribution in [2.75, 3.05) is 0 Å². The van der Waals surface area contributed by atoms with Gasteiger partial charge in [0.1, 0.15) is 0 Å². The van der Waals surface area contributed by atoms with E-state index in [0.29, 0.717) is 0 Å². The van der Waals surface area contributed by atoms with Crippen LogP contribution < -0.4 is 5.30 Å². The molecule has 0 saturated heterocycles. The summed E-state index contributed by atoms with van der Waals surface area (Å²) < 4.78 is 0. The van der Waals surface area contributed by atoms with Crippen molar-refractivity contribution in [2.45, 2.75) is 52.1 Å². The van der Waals surface area contributed by atoms with Gasteiger partial charge >= 0.3 is 0 Å². The molecule has 0 spiro atoms. The van der Waals surface area contributed by atoms with E-state index in [9.17, 15) is 0 Å². The lowest BCUT2D eigenvalue weighted by Crippen LogP contribution is -2.10. The van der Waals surface area contributed by atoms with Crippen LogP contribution >= 0.6 is 8.58 Å². The summed E-state index contributed by atoms with van der Waals surface area (Å²) in [6.07, 6.45) is 5.85. The van der Waals surface area contributed by atoms with Crippen LogP contribution in [0, 0.1) is 20.8 Å². The lowest BCUT2D eigenvalue weighted by atomic mass is 10.1. The minimum Gasteiger partial charge on any atom is -0.0866 e. The van der Waals surface area contributed by atoms with E-state index in [-0.39, 0.29) is 0 Å². The molecule has 82 valence electrons. The van der Waals surface area contributed by atoms with E-state index in [2.05, 4.69) is 32.9 Å². The van der Waals surface area contributed by atoms with Crippen molar-refractivity contribution in [3.8, 4) is 0 Å². The lowest BCUT2D eigenvalue weighted by molar-refractivity contribution is 0.886. The predicted molar refractivity (Wildman–Crippen MR) is 70.9 cm³/mol. The smallest absolute Gasteiger partial charge is 0.0196 e. The van der Waals surface area contributed by atoms with Gasteiger partial charge in [-0.25, -0.2) is 0 Å². The van der Waals surface area contributed by atoms with Gasteiger partial charge in [-0.05, 0) is 55.7 Å². The molecule has 15 heavy (non-hydrogen) atoms. The second kappa shape index (κ2) is 4.66. The van der Waals surface area contributed by atoms with Crippen molar-refractivity contribution in [3.63, 3.8) is 0 Å². The Labute approximate surface area is 95.3 Å². The van der Waals surface area contributed by atoms with Gasteiger partial charge in [-0.15, -0.1) is 0 Å². The molecule has 0 aromatic heterocycles. The second-order valence-electron chi connectivity index (χ2n) is 4.90. The lowest BCUT2D eigenvalue weighted by Gasteiger charge is -2.15. The van der Waals surface area contributed by atoms with Crippen LogP contribution in [0.25, 0.3) is 0 Å². The summed E-state index contributed by atoms with van der Waals surface area (Å²) in [6, 6.07) is 4.68. The fourth-order valence-corrected chi connectivity index (χ4v) is 4.39. The van der Waals surface area contributed by atoms with E-state index in [0.717, 1.165) is 14.2 Å². The molecule has 1 aliphatic rings. The van der Waals surface area contributed by atoms with Crippen molar-refractivity contribution >= 4 is 13.9 Å². The third-order valence-corrected chi connectivity index (χ3v) is 5.44. The van der Waals surface area contributed by atoms with Gasteiger partial charge in [0.2, 0.25) is 0 Å². The van der Waals surface area contributed by atoms with Gasteiger partial charge in [0.05, 0.1) is 0 Å². The van der Waals surface area contributed by atoms with E-state index in [4.69, 9.17) is 0 Å². The number of rotatable bonds is 2. The third kappa shape index (κ3) is 2.61. The number of aryl methyl sites for hydroxylation is 3. The fourth-order valence-electron chi connectivity index (χ4n) is 2.68. The normalized spacial score (nSPS) is 18.1. The minimum absolute atomic E-state index is 0.991. The third-order valence-electron chi connectivity index (χ3n) is 3.38. The maximum Gasteiger partial charge on any atom is -0.0196 e. The molecule has 1 atom stereocenters. The van der Waals surface area contributed by atoms with Crippen LogP contribution in [0.1, 0.15) is 42.4 Å². The van der Waals surface area contributed by atoms with Crippen molar-refractivity contribution in [1.29, 1.82) is 0 Å². The molecule has 0 radical (unpaired) electrons. The fraction of sp³-hybridized carbons (Fsp3) is 0.571. The first-order valence-corrected chi connectivity index (χ1v) is 7.09. The largest absolute Gasteiger partial charge is 0.0866 e. The van der Waals surface area contributed by atoms with Crippen molar-refractivity contribution < 1.29 is 0 Å². The summed E-state index contributed by atoms with van der Waals surface area (Å²) in [5.41, 5.74) is 5.42. The van der Waals surface area contributed by atoms with Crippen LogP contribution in [-0.2, 0) is 0 Å². The highest BCUT2D eigenvalue weighted by Crippen LogP contribution is 2.35. The molecule has 1 unspecified atom stereocenters. The quantitative estimate of drug-likeness (QED) is 0.664. The van der Waals surface area contributed by atoms with Gasteiger partial charge in [-0.1, -0.05) is 39.1 Å². The minimum atomic E-state index is 0.991. The Morgan fingerprint density at radius 2 is 1.53 bits per heavy atom. The molecule has 0 nitrogen and oxygen atoms in total. The van der Waals surface area contributed by atoms with Crippen LogP contribution in [-0.4, -0.2) is 5.66 Å². The zero-order valence-corrected chi connectivity index (χ0v) is 11.1. The van der Waals surface area contributed by atoms with Gasteiger partial charge in [-0.2, -0.15) is 0 Å². The predicted octanol–water partition coefficient (Wildman–Crippen LogP) is 3.86. The topological polar surface area (TPSA) is 0 Å². The molecule has 0 aliphatic heterocycles. The Balaban J connectivity index is 2.19. The molecule has 1 fully saturated rings. The highest BCUT2D eigenvalue weighted by molar-refractivity contribution is 7.48. The number of hydrogen-bond donors (Lipinski definition) is 0. The van der Waals surface area contributed by atoms with E-state index in [1.807, 2.05) is 0 Å². The summed E-state index contributed by atoms with van der Waals surface area (Å²) in [4.78, 5) is 0. The summed E-state index contributed by atoms with van der Waals surface area (Å²) in [5, 5.41) is 1.65. The first kappa shape index (κ1) is 11.1. The van der Waals surface area contributed by atoms with Gasteiger partial charge in [0.25, 0.3) is 0 Å². The number of benzene rings is 1. The van der Waals surface area contributed by atoms with Crippen LogP contribution in [0.4, 0.5) is 0 Å². The standard InChI is InChI=1S/C14H21P/c1-10-8-11(2)14(12(3)9-10)15-13-6-4-5-7-13/h8-9,13,15H,4-7H2,1-3H3. The molecule has 1 saturated carbocycles. The van der Waals surface area contributed by atoms with E-state index < -0.39 is 0 Å². The van der Waals surface area contributed by atoms with Gasteiger partial charge in [-0.3, -0.25) is 0 Å². The molecule has 1 aromatic carbocycles. The second-order valence-corrected chi connectivity index (χ2v) is 6.50. The van der Waals surface area contributed by atoms with Crippen LogP contribution in [0.15, 0.2) is 12.1 Å². The molecule has 1 heteroatoms. The van der Waals surface area contributed by atoms with E-state index >= 15 is 0 Å². The summed E-state index contributed by atoms with van der Waals surface area (Å²) in [6.45, 7) is 6.75. The van der Waals surface area contributed by atoms with Crippen molar-refractivity contribution in [3.05, 3.63) is 28.8 Å². The molecule has 2 rings (SSSR count). The van der Waals surface area contributed by atoms with Crippen LogP contribution in [0.2, 0.25) is 0 Å².